The normalized spacial score (nSPS) is 19.1. The van der Waals surface area contributed by atoms with Crippen molar-refractivity contribution < 1.29 is 14.4 Å². The van der Waals surface area contributed by atoms with Crippen molar-refractivity contribution >= 4 is 40.7 Å². The van der Waals surface area contributed by atoms with Gasteiger partial charge >= 0.3 is 0 Å². The molecule has 3 amide bonds. The lowest BCUT2D eigenvalue weighted by Crippen LogP contribution is -2.52. The number of amides is 3. The van der Waals surface area contributed by atoms with Crippen LogP contribution in [0.1, 0.15) is 18.9 Å². The van der Waals surface area contributed by atoms with Crippen LogP contribution < -0.4 is 10.2 Å². The lowest BCUT2D eigenvalue weighted by molar-refractivity contribution is -0.137. The molecule has 8 heteroatoms. The summed E-state index contributed by atoms with van der Waals surface area (Å²) in [4.78, 5) is 43.6. The summed E-state index contributed by atoms with van der Waals surface area (Å²) in [6.07, 6.45) is 1.05. The van der Waals surface area contributed by atoms with Crippen LogP contribution in [0.4, 0.5) is 11.4 Å². The Hall–Kier alpha value is -2.90. The molecule has 33 heavy (non-hydrogen) atoms. The zero-order chi connectivity index (χ0) is 23.4. The number of hydrogen-bond acceptors (Lipinski definition) is 4. The van der Waals surface area contributed by atoms with Gasteiger partial charge in [0.1, 0.15) is 0 Å². The molecule has 2 fully saturated rings. The van der Waals surface area contributed by atoms with E-state index in [0.717, 1.165) is 17.7 Å². The quantitative estimate of drug-likeness (QED) is 0.707. The fraction of sp³-hybridized carbons (Fsp3) is 0.400. The Bertz CT molecular complexity index is 1040. The molecule has 2 aromatic rings. The number of halogens is 1. The summed E-state index contributed by atoms with van der Waals surface area (Å²) in [7, 11) is 0. The van der Waals surface area contributed by atoms with Crippen molar-refractivity contribution in [2.45, 2.75) is 19.8 Å². The Morgan fingerprint density at radius 3 is 2.45 bits per heavy atom. The molecule has 0 spiro atoms. The highest BCUT2D eigenvalue weighted by molar-refractivity contribution is 6.33. The first-order valence-corrected chi connectivity index (χ1v) is 11.8. The van der Waals surface area contributed by atoms with Gasteiger partial charge < -0.3 is 15.1 Å². The van der Waals surface area contributed by atoms with Crippen molar-refractivity contribution in [3.8, 4) is 0 Å². The van der Waals surface area contributed by atoms with Crippen LogP contribution in [0.5, 0.6) is 0 Å². The molecule has 2 saturated heterocycles. The number of aryl methyl sites for hydroxylation is 1. The van der Waals surface area contributed by atoms with Crippen LogP contribution in [-0.2, 0) is 20.8 Å². The highest BCUT2D eigenvalue weighted by Crippen LogP contribution is 2.31. The minimum absolute atomic E-state index is 0.00104. The Balaban J connectivity index is 1.27. The molecule has 0 aromatic heterocycles. The highest BCUT2D eigenvalue weighted by atomic mass is 35.5. The molecule has 4 rings (SSSR count). The lowest BCUT2D eigenvalue weighted by Gasteiger charge is -2.35. The maximum absolute atomic E-state index is 13.1. The molecule has 0 radical (unpaired) electrons. The third-order valence-electron chi connectivity index (χ3n) is 6.34. The predicted octanol–water partition coefficient (Wildman–Crippen LogP) is 3.04. The minimum atomic E-state index is -0.367. The first-order chi connectivity index (χ1) is 16.0. The summed E-state index contributed by atoms with van der Waals surface area (Å²) in [6.45, 7) is 5.06. The first kappa shape index (κ1) is 23.3. The molecule has 0 bridgehead atoms. The van der Waals surface area contributed by atoms with Gasteiger partial charge in [-0.25, -0.2) is 0 Å². The lowest BCUT2D eigenvalue weighted by atomic mass is 10.1. The topological polar surface area (TPSA) is 73.0 Å². The molecular weight excluding hydrogens is 440 g/mol. The van der Waals surface area contributed by atoms with Crippen LogP contribution in [0.2, 0.25) is 5.02 Å². The molecule has 1 atom stereocenters. The third-order valence-corrected chi connectivity index (χ3v) is 6.66. The molecule has 2 heterocycles. The van der Waals surface area contributed by atoms with Crippen LogP contribution in [0.3, 0.4) is 0 Å². The van der Waals surface area contributed by atoms with Crippen LogP contribution >= 0.6 is 11.6 Å². The van der Waals surface area contributed by atoms with Crippen molar-refractivity contribution in [1.29, 1.82) is 0 Å². The summed E-state index contributed by atoms with van der Waals surface area (Å²) in [5.74, 6) is -0.496. The maximum atomic E-state index is 13.1. The second kappa shape index (κ2) is 10.4. The predicted molar refractivity (Wildman–Crippen MR) is 129 cm³/mol. The fourth-order valence-electron chi connectivity index (χ4n) is 4.50. The number of para-hydroxylation sites is 2. The Morgan fingerprint density at radius 2 is 1.73 bits per heavy atom. The Kier molecular flexibility index (Phi) is 7.30. The van der Waals surface area contributed by atoms with Gasteiger partial charge in [-0.1, -0.05) is 48.9 Å². The van der Waals surface area contributed by atoms with E-state index in [1.165, 1.54) is 0 Å². The summed E-state index contributed by atoms with van der Waals surface area (Å²) in [6, 6.07) is 15.0. The number of piperazine rings is 1. The van der Waals surface area contributed by atoms with E-state index in [4.69, 9.17) is 11.6 Å². The number of nitrogens with one attached hydrogen (secondary N) is 1. The summed E-state index contributed by atoms with van der Waals surface area (Å²) >= 11 is 6.24. The molecule has 2 aliphatic rings. The molecular formula is C25H29ClN4O3. The molecule has 1 N–H and O–H groups in total. The first-order valence-electron chi connectivity index (χ1n) is 11.4. The highest BCUT2D eigenvalue weighted by Gasteiger charge is 2.38. The van der Waals surface area contributed by atoms with E-state index in [2.05, 4.69) is 17.1 Å². The van der Waals surface area contributed by atoms with Gasteiger partial charge in [0.15, 0.2) is 0 Å². The number of carbonyl (C=O) groups excluding carboxylic acids is 3. The Labute approximate surface area is 199 Å². The van der Waals surface area contributed by atoms with E-state index in [-0.39, 0.29) is 30.1 Å². The molecule has 0 saturated carbocycles. The Morgan fingerprint density at radius 1 is 1.03 bits per heavy atom. The van der Waals surface area contributed by atoms with Crippen LogP contribution in [-0.4, -0.2) is 66.8 Å². The van der Waals surface area contributed by atoms with Gasteiger partial charge in [0, 0.05) is 44.8 Å². The van der Waals surface area contributed by atoms with Crippen molar-refractivity contribution in [1.82, 2.24) is 9.80 Å². The molecule has 7 nitrogen and oxygen atoms in total. The van der Waals surface area contributed by atoms with Gasteiger partial charge in [0.25, 0.3) is 0 Å². The van der Waals surface area contributed by atoms with Gasteiger partial charge in [-0.15, -0.1) is 0 Å². The van der Waals surface area contributed by atoms with E-state index in [0.29, 0.717) is 50.0 Å². The third kappa shape index (κ3) is 5.37. The smallest absolute Gasteiger partial charge is 0.238 e. The van der Waals surface area contributed by atoms with Gasteiger partial charge in [0.2, 0.25) is 17.7 Å². The fourth-order valence-corrected chi connectivity index (χ4v) is 4.74. The largest absolute Gasteiger partial charge is 0.340 e. The number of rotatable bonds is 6. The molecule has 0 unspecified atom stereocenters. The van der Waals surface area contributed by atoms with Gasteiger partial charge in [-0.05, 0) is 30.2 Å². The van der Waals surface area contributed by atoms with Crippen molar-refractivity contribution in [3.05, 3.63) is 59.1 Å². The number of nitrogens with zero attached hydrogens (tertiary/aromatic N) is 3. The van der Waals surface area contributed by atoms with E-state index >= 15 is 0 Å². The SMILES string of the molecule is CCc1ccccc1NC(=O)CN1CCN(C(=O)[C@H]2CC(=O)N(c3ccccc3Cl)C2)CC1. The number of benzene rings is 2. The summed E-state index contributed by atoms with van der Waals surface area (Å²) in [5.41, 5.74) is 2.62. The van der Waals surface area contributed by atoms with Crippen molar-refractivity contribution in [2.24, 2.45) is 5.92 Å². The maximum Gasteiger partial charge on any atom is 0.238 e. The van der Waals surface area contributed by atoms with Gasteiger partial charge in [0.05, 0.1) is 23.2 Å². The number of anilines is 2. The second-order valence-corrected chi connectivity index (χ2v) is 8.92. The zero-order valence-electron chi connectivity index (χ0n) is 18.8. The van der Waals surface area contributed by atoms with E-state index in [1.54, 1.807) is 17.0 Å². The van der Waals surface area contributed by atoms with Crippen molar-refractivity contribution in [2.75, 3.05) is 49.5 Å². The van der Waals surface area contributed by atoms with E-state index < -0.39 is 0 Å². The van der Waals surface area contributed by atoms with E-state index in [1.807, 2.05) is 41.3 Å². The molecule has 2 aromatic carbocycles. The monoisotopic (exact) mass is 468 g/mol. The summed E-state index contributed by atoms with van der Waals surface area (Å²) in [5, 5.41) is 3.51. The molecule has 2 aliphatic heterocycles. The average molecular weight is 469 g/mol. The molecule has 0 aliphatic carbocycles. The van der Waals surface area contributed by atoms with Crippen LogP contribution in [0.15, 0.2) is 48.5 Å². The van der Waals surface area contributed by atoms with Crippen LogP contribution in [0.25, 0.3) is 0 Å². The molecule has 174 valence electrons. The number of hydrogen-bond donors (Lipinski definition) is 1. The second-order valence-electron chi connectivity index (χ2n) is 8.52. The van der Waals surface area contributed by atoms with Crippen LogP contribution in [0, 0.1) is 5.92 Å². The standard InChI is InChI=1S/C25H29ClN4O3/c1-2-18-7-3-5-9-21(18)27-23(31)17-28-11-13-29(14-12-28)25(33)19-15-24(32)30(16-19)22-10-6-4-8-20(22)26/h3-10,19H,2,11-17H2,1H3,(H,27,31)/t19-/m0/s1. The van der Waals surface area contributed by atoms with Crippen molar-refractivity contribution in [3.63, 3.8) is 0 Å². The zero-order valence-corrected chi connectivity index (χ0v) is 19.6. The summed E-state index contributed by atoms with van der Waals surface area (Å²) < 4.78 is 0. The van der Waals surface area contributed by atoms with Gasteiger partial charge in [-0.3, -0.25) is 19.3 Å². The number of carbonyl (C=O) groups is 3. The average Bonchev–Trinajstić information content (AvgIpc) is 3.21. The minimum Gasteiger partial charge on any atom is -0.340 e. The van der Waals surface area contributed by atoms with Gasteiger partial charge in [-0.2, -0.15) is 0 Å². The van der Waals surface area contributed by atoms with E-state index in [9.17, 15) is 14.4 Å².